The first-order valence-corrected chi connectivity index (χ1v) is 6.10. The Labute approximate surface area is 113 Å². The van der Waals surface area contributed by atoms with Gasteiger partial charge >= 0.3 is 0 Å². The zero-order valence-corrected chi connectivity index (χ0v) is 11.1. The van der Waals surface area contributed by atoms with Gasteiger partial charge in [0.15, 0.2) is 0 Å². The minimum Gasteiger partial charge on any atom is -0.496 e. The molecule has 0 saturated heterocycles. The number of para-hydroxylation sites is 1. The fourth-order valence-corrected chi connectivity index (χ4v) is 1.99. The van der Waals surface area contributed by atoms with E-state index in [1.807, 2.05) is 55.5 Å². The second-order valence-electron chi connectivity index (χ2n) is 4.32. The molecule has 0 fully saturated rings. The van der Waals surface area contributed by atoms with E-state index in [9.17, 15) is 5.26 Å². The third kappa shape index (κ3) is 3.05. The molecule has 0 spiro atoms. The number of aryl methyl sites for hydroxylation is 1. The van der Waals surface area contributed by atoms with Crippen molar-refractivity contribution in [2.24, 2.45) is 0 Å². The van der Waals surface area contributed by atoms with E-state index in [4.69, 9.17) is 4.74 Å². The van der Waals surface area contributed by atoms with Gasteiger partial charge in [-0.25, -0.2) is 0 Å². The Morgan fingerprint density at radius 2 is 1.95 bits per heavy atom. The molecule has 2 aromatic carbocycles. The van der Waals surface area contributed by atoms with Crippen molar-refractivity contribution in [1.82, 2.24) is 0 Å². The fourth-order valence-electron chi connectivity index (χ4n) is 1.99. The maximum absolute atomic E-state index is 9.36. The number of nitrogens with one attached hydrogen (secondary N) is 1. The van der Waals surface area contributed by atoms with Crippen LogP contribution in [-0.4, -0.2) is 7.11 Å². The fraction of sp³-hybridized carbons (Fsp3) is 0.188. The van der Waals surface area contributed by atoms with E-state index in [1.165, 1.54) is 0 Å². The van der Waals surface area contributed by atoms with Crippen molar-refractivity contribution in [1.29, 1.82) is 5.26 Å². The maximum Gasteiger partial charge on any atom is 0.143 e. The number of hydrogen-bond donors (Lipinski definition) is 1. The summed E-state index contributed by atoms with van der Waals surface area (Å²) in [5, 5.41) is 12.6. The van der Waals surface area contributed by atoms with Gasteiger partial charge in [-0.3, -0.25) is 0 Å². The molecule has 0 aliphatic carbocycles. The van der Waals surface area contributed by atoms with Crippen molar-refractivity contribution in [3.8, 4) is 11.8 Å². The Morgan fingerprint density at radius 3 is 2.63 bits per heavy atom. The first-order valence-electron chi connectivity index (χ1n) is 6.10. The summed E-state index contributed by atoms with van der Waals surface area (Å²) in [6.07, 6.45) is 0. The van der Waals surface area contributed by atoms with Crippen molar-refractivity contribution in [3.63, 3.8) is 0 Å². The average Bonchev–Trinajstić information content (AvgIpc) is 2.45. The molecule has 0 bridgehead atoms. The predicted octanol–water partition coefficient (Wildman–Crippen LogP) is 3.68. The predicted molar refractivity (Wildman–Crippen MR) is 76.1 cm³/mol. The van der Waals surface area contributed by atoms with E-state index >= 15 is 0 Å². The highest BCUT2D eigenvalue weighted by molar-refractivity contribution is 5.51. The monoisotopic (exact) mass is 252 g/mol. The molecule has 3 heteroatoms. The summed E-state index contributed by atoms with van der Waals surface area (Å²) in [4.78, 5) is 0. The van der Waals surface area contributed by atoms with Crippen LogP contribution in [0, 0.1) is 18.3 Å². The molecular weight excluding hydrogens is 236 g/mol. The zero-order chi connectivity index (χ0) is 13.7. The maximum atomic E-state index is 9.36. The SMILES string of the molecule is COc1ccccc1C(C#N)Nc1cccc(C)c1. The Hall–Kier alpha value is -2.47. The van der Waals surface area contributed by atoms with E-state index < -0.39 is 6.04 Å². The van der Waals surface area contributed by atoms with E-state index in [2.05, 4.69) is 11.4 Å². The molecule has 1 unspecified atom stereocenters. The smallest absolute Gasteiger partial charge is 0.143 e. The molecule has 0 amide bonds. The van der Waals surface area contributed by atoms with Crippen LogP contribution in [0.3, 0.4) is 0 Å². The Balaban J connectivity index is 2.28. The minimum atomic E-state index is -0.432. The Morgan fingerprint density at radius 1 is 1.16 bits per heavy atom. The van der Waals surface area contributed by atoms with Crippen LogP contribution in [-0.2, 0) is 0 Å². The van der Waals surface area contributed by atoms with E-state index in [0.29, 0.717) is 5.75 Å². The standard InChI is InChI=1S/C16H16N2O/c1-12-6-5-7-13(10-12)18-15(11-17)14-8-3-4-9-16(14)19-2/h3-10,15,18H,1-2H3. The number of benzene rings is 2. The molecule has 1 atom stereocenters. The van der Waals surface area contributed by atoms with Gasteiger partial charge in [0.2, 0.25) is 0 Å². The zero-order valence-electron chi connectivity index (χ0n) is 11.1. The van der Waals surface area contributed by atoms with Gasteiger partial charge in [0.1, 0.15) is 11.8 Å². The number of nitrogens with zero attached hydrogens (tertiary/aromatic N) is 1. The molecule has 2 aromatic rings. The lowest BCUT2D eigenvalue weighted by atomic mass is 10.1. The number of nitriles is 1. The van der Waals surface area contributed by atoms with Crippen LogP contribution in [0.2, 0.25) is 0 Å². The van der Waals surface area contributed by atoms with Gasteiger partial charge in [0, 0.05) is 11.3 Å². The topological polar surface area (TPSA) is 45.0 Å². The van der Waals surface area contributed by atoms with Crippen molar-refractivity contribution in [2.75, 3.05) is 12.4 Å². The largest absolute Gasteiger partial charge is 0.496 e. The molecule has 0 aromatic heterocycles. The van der Waals surface area contributed by atoms with Crippen LogP contribution in [0.1, 0.15) is 17.2 Å². The lowest BCUT2D eigenvalue weighted by Crippen LogP contribution is -2.09. The summed E-state index contributed by atoms with van der Waals surface area (Å²) in [5.74, 6) is 0.717. The molecule has 3 nitrogen and oxygen atoms in total. The molecule has 96 valence electrons. The minimum absolute atomic E-state index is 0.432. The Kier molecular flexibility index (Phi) is 4.04. The van der Waals surface area contributed by atoms with Crippen LogP contribution < -0.4 is 10.1 Å². The van der Waals surface area contributed by atoms with Crippen molar-refractivity contribution < 1.29 is 4.74 Å². The molecule has 1 N–H and O–H groups in total. The van der Waals surface area contributed by atoms with Gasteiger partial charge in [0.05, 0.1) is 13.2 Å². The Bertz CT molecular complexity index is 602. The van der Waals surface area contributed by atoms with Gasteiger partial charge in [0.25, 0.3) is 0 Å². The molecule has 0 aliphatic rings. The number of hydrogen-bond acceptors (Lipinski definition) is 3. The second kappa shape index (κ2) is 5.92. The van der Waals surface area contributed by atoms with Crippen LogP contribution in [0.4, 0.5) is 5.69 Å². The number of rotatable bonds is 4. The summed E-state index contributed by atoms with van der Waals surface area (Å²) in [6.45, 7) is 2.02. The van der Waals surface area contributed by atoms with Gasteiger partial charge in [-0.2, -0.15) is 5.26 Å². The summed E-state index contributed by atoms with van der Waals surface area (Å²) in [5.41, 5.74) is 2.92. The van der Waals surface area contributed by atoms with E-state index in [0.717, 1.165) is 16.8 Å². The second-order valence-corrected chi connectivity index (χ2v) is 4.32. The van der Waals surface area contributed by atoms with Crippen LogP contribution >= 0.6 is 0 Å². The van der Waals surface area contributed by atoms with Gasteiger partial charge < -0.3 is 10.1 Å². The quantitative estimate of drug-likeness (QED) is 0.902. The number of methoxy groups -OCH3 is 1. The summed E-state index contributed by atoms with van der Waals surface area (Å²) < 4.78 is 5.30. The molecule has 0 saturated carbocycles. The first-order chi connectivity index (χ1) is 9.24. The summed E-state index contributed by atoms with van der Waals surface area (Å²) >= 11 is 0. The lowest BCUT2D eigenvalue weighted by molar-refractivity contribution is 0.409. The number of ether oxygens (including phenoxy) is 1. The molecule has 0 aliphatic heterocycles. The van der Waals surface area contributed by atoms with Crippen molar-refractivity contribution in [3.05, 3.63) is 59.7 Å². The van der Waals surface area contributed by atoms with Crippen LogP contribution in [0.5, 0.6) is 5.75 Å². The van der Waals surface area contributed by atoms with Crippen LogP contribution in [0.25, 0.3) is 0 Å². The van der Waals surface area contributed by atoms with E-state index in [-0.39, 0.29) is 0 Å². The van der Waals surface area contributed by atoms with Gasteiger partial charge in [-0.15, -0.1) is 0 Å². The third-order valence-corrected chi connectivity index (χ3v) is 2.91. The molecular formula is C16H16N2O. The first kappa shape index (κ1) is 13.0. The van der Waals surface area contributed by atoms with Crippen molar-refractivity contribution in [2.45, 2.75) is 13.0 Å². The average molecular weight is 252 g/mol. The lowest BCUT2D eigenvalue weighted by Gasteiger charge is -2.16. The summed E-state index contributed by atoms with van der Waals surface area (Å²) in [6, 6.07) is 17.3. The molecule has 19 heavy (non-hydrogen) atoms. The van der Waals surface area contributed by atoms with Gasteiger partial charge in [-0.05, 0) is 30.7 Å². The summed E-state index contributed by atoms with van der Waals surface area (Å²) in [7, 11) is 1.61. The van der Waals surface area contributed by atoms with Crippen molar-refractivity contribution >= 4 is 5.69 Å². The highest BCUT2D eigenvalue weighted by Crippen LogP contribution is 2.27. The normalized spacial score (nSPS) is 11.4. The molecule has 0 heterocycles. The molecule has 2 rings (SSSR count). The highest BCUT2D eigenvalue weighted by Gasteiger charge is 2.14. The van der Waals surface area contributed by atoms with Gasteiger partial charge in [-0.1, -0.05) is 30.3 Å². The van der Waals surface area contributed by atoms with E-state index in [1.54, 1.807) is 7.11 Å². The highest BCUT2D eigenvalue weighted by atomic mass is 16.5. The third-order valence-electron chi connectivity index (χ3n) is 2.91. The van der Waals surface area contributed by atoms with Crippen LogP contribution in [0.15, 0.2) is 48.5 Å². The number of anilines is 1. The molecule has 0 radical (unpaired) electrons.